The van der Waals surface area contributed by atoms with Gasteiger partial charge in [-0.05, 0) is 12.1 Å². The van der Waals surface area contributed by atoms with Crippen molar-refractivity contribution in [2.45, 2.75) is 20.1 Å². The highest BCUT2D eigenvalue weighted by atomic mass is 16.3. The van der Waals surface area contributed by atoms with Gasteiger partial charge in [0, 0.05) is 17.3 Å². The van der Waals surface area contributed by atoms with Crippen molar-refractivity contribution in [3.8, 4) is 5.75 Å². The van der Waals surface area contributed by atoms with Crippen LogP contribution in [-0.2, 0) is 13.2 Å². The average molecular weight is 221 g/mol. The van der Waals surface area contributed by atoms with Gasteiger partial charge in [-0.2, -0.15) is 4.80 Å². The minimum atomic E-state index is -0.251. The maximum Gasteiger partial charge on any atom is 0.162 e. The summed E-state index contributed by atoms with van der Waals surface area (Å²) in [5, 5.41) is 30.0. The molecular formula is C9H11N5O2. The lowest BCUT2D eigenvalue weighted by molar-refractivity contribution is 0.273. The van der Waals surface area contributed by atoms with Crippen molar-refractivity contribution in [3.05, 3.63) is 29.3 Å². The van der Waals surface area contributed by atoms with Crippen molar-refractivity contribution >= 4 is 0 Å². The Hall–Kier alpha value is -2.02. The maximum atomic E-state index is 9.72. The van der Waals surface area contributed by atoms with E-state index in [1.54, 1.807) is 13.1 Å². The van der Waals surface area contributed by atoms with Crippen molar-refractivity contribution < 1.29 is 10.2 Å². The second kappa shape index (κ2) is 4.23. The third kappa shape index (κ3) is 1.84. The van der Waals surface area contributed by atoms with Gasteiger partial charge in [-0.25, -0.2) is 0 Å². The zero-order chi connectivity index (χ0) is 11.5. The van der Waals surface area contributed by atoms with Gasteiger partial charge in [0.2, 0.25) is 0 Å². The number of tetrazole rings is 1. The summed E-state index contributed by atoms with van der Waals surface area (Å²) < 4.78 is 0. The van der Waals surface area contributed by atoms with Crippen LogP contribution in [-0.4, -0.2) is 35.4 Å². The highest BCUT2D eigenvalue weighted by molar-refractivity contribution is 5.40. The van der Waals surface area contributed by atoms with Gasteiger partial charge in [0.25, 0.3) is 0 Å². The van der Waals surface area contributed by atoms with Gasteiger partial charge in [0.1, 0.15) is 5.75 Å². The molecule has 2 aromatic heterocycles. The average Bonchev–Trinajstić information content (AvgIpc) is 2.77. The molecular weight excluding hydrogens is 210 g/mol. The molecule has 0 atom stereocenters. The summed E-state index contributed by atoms with van der Waals surface area (Å²) in [4.78, 5) is 5.37. The lowest BCUT2D eigenvalue weighted by Crippen LogP contribution is -2.08. The summed E-state index contributed by atoms with van der Waals surface area (Å²) in [6, 6.07) is 0. The van der Waals surface area contributed by atoms with Gasteiger partial charge in [0.05, 0.1) is 18.8 Å². The number of hydrogen-bond donors (Lipinski definition) is 2. The van der Waals surface area contributed by atoms with Crippen LogP contribution in [0.15, 0.2) is 12.5 Å². The fourth-order valence-corrected chi connectivity index (χ4v) is 1.41. The smallest absolute Gasteiger partial charge is 0.162 e. The normalized spacial score (nSPS) is 10.6. The highest BCUT2D eigenvalue weighted by Gasteiger charge is 2.11. The lowest BCUT2D eigenvalue weighted by Gasteiger charge is -2.09. The molecule has 2 N–H and O–H groups in total. The number of aliphatic hydroxyl groups excluding tert-OH is 1. The van der Waals surface area contributed by atoms with Crippen molar-refractivity contribution in [1.29, 1.82) is 0 Å². The number of hydrogen-bond acceptors (Lipinski definition) is 6. The van der Waals surface area contributed by atoms with Crippen molar-refractivity contribution in [3.63, 3.8) is 0 Å². The van der Waals surface area contributed by atoms with E-state index < -0.39 is 0 Å². The van der Waals surface area contributed by atoms with Crippen molar-refractivity contribution in [2.75, 3.05) is 0 Å². The Morgan fingerprint density at radius 2 is 2.25 bits per heavy atom. The van der Waals surface area contributed by atoms with E-state index >= 15 is 0 Å². The quantitative estimate of drug-likeness (QED) is 0.733. The van der Waals surface area contributed by atoms with E-state index in [4.69, 9.17) is 0 Å². The number of pyridine rings is 1. The summed E-state index contributed by atoms with van der Waals surface area (Å²) in [6.07, 6.45) is 2.91. The number of aliphatic hydroxyl groups is 1. The molecule has 0 fully saturated rings. The molecule has 0 spiro atoms. The second-order valence-electron chi connectivity index (χ2n) is 3.32. The first-order valence-electron chi connectivity index (χ1n) is 4.70. The minimum absolute atomic E-state index is 0.0140. The van der Waals surface area contributed by atoms with Crippen molar-refractivity contribution in [1.82, 2.24) is 25.2 Å². The predicted molar refractivity (Wildman–Crippen MR) is 53.5 cm³/mol. The Kier molecular flexibility index (Phi) is 2.78. The van der Waals surface area contributed by atoms with Gasteiger partial charge in [0.15, 0.2) is 6.33 Å². The summed E-state index contributed by atoms with van der Waals surface area (Å²) in [7, 11) is 0. The van der Waals surface area contributed by atoms with Crippen LogP contribution >= 0.6 is 0 Å². The number of rotatable bonds is 3. The number of aromatic hydroxyl groups is 1. The third-order valence-corrected chi connectivity index (χ3v) is 2.29. The first-order valence-corrected chi connectivity index (χ1v) is 4.70. The van der Waals surface area contributed by atoms with Gasteiger partial charge in [-0.1, -0.05) is 0 Å². The zero-order valence-corrected chi connectivity index (χ0v) is 8.70. The van der Waals surface area contributed by atoms with E-state index in [1.165, 1.54) is 11.1 Å². The zero-order valence-electron chi connectivity index (χ0n) is 8.70. The standard InChI is InChI=1S/C9H11N5O2/c1-6-9(16)8(4-15)7(2-10-6)3-14-12-5-11-13-14/h2,5,15-16H,3-4H2,1H3. The summed E-state index contributed by atoms with van der Waals surface area (Å²) >= 11 is 0. The molecule has 0 unspecified atom stereocenters. The fourth-order valence-electron chi connectivity index (χ4n) is 1.41. The molecule has 7 heteroatoms. The monoisotopic (exact) mass is 221 g/mol. The minimum Gasteiger partial charge on any atom is -0.506 e. The van der Waals surface area contributed by atoms with Crippen LogP contribution in [0.3, 0.4) is 0 Å². The van der Waals surface area contributed by atoms with Gasteiger partial charge in [-0.15, -0.1) is 10.2 Å². The number of aryl methyl sites for hydroxylation is 1. The van der Waals surface area contributed by atoms with Gasteiger partial charge >= 0.3 is 0 Å². The third-order valence-electron chi connectivity index (χ3n) is 2.29. The van der Waals surface area contributed by atoms with Crippen LogP contribution in [0.4, 0.5) is 0 Å². The molecule has 2 aromatic rings. The molecule has 0 bridgehead atoms. The molecule has 2 rings (SSSR count). The second-order valence-corrected chi connectivity index (χ2v) is 3.32. The van der Waals surface area contributed by atoms with Crippen LogP contribution in [0, 0.1) is 6.92 Å². The molecule has 0 aliphatic heterocycles. The van der Waals surface area contributed by atoms with E-state index in [1.807, 2.05) is 0 Å². The lowest BCUT2D eigenvalue weighted by atomic mass is 10.1. The molecule has 0 aromatic carbocycles. The Labute approximate surface area is 91.4 Å². The van der Waals surface area contributed by atoms with Gasteiger partial charge in [-0.3, -0.25) is 4.98 Å². The Morgan fingerprint density at radius 3 is 2.88 bits per heavy atom. The van der Waals surface area contributed by atoms with Crippen LogP contribution < -0.4 is 0 Å². The molecule has 0 saturated carbocycles. The molecule has 16 heavy (non-hydrogen) atoms. The van der Waals surface area contributed by atoms with E-state index in [-0.39, 0.29) is 12.4 Å². The first kappa shape index (κ1) is 10.5. The number of nitrogens with zero attached hydrogens (tertiary/aromatic N) is 5. The largest absolute Gasteiger partial charge is 0.506 e. The topological polar surface area (TPSA) is 97.0 Å². The highest BCUT2D eigenvalue weighted by Crippen LogP contribution is 2.23. The SMILES string of the molecule is Cc1ncc(Cn2ncnn2)c(CO)c1O. The molecule has 2 heterocycles. The molecule has 0 amide bonds. The molecule has 0 saturated heterocycles. The maximum absolute atomic E-state index is 9.72. The summed E-state index contributed by atoms with van der Waals surface area (Å²) in [5.74, 6) is 0.0140. The Morgan fingerprint density at radius 1 is 1.44 bits per heavy atom. The Bertz CT molecular complexity index is 483. The van der Waals surface area contributed by atoms with Crippen LogP contribution in [0.25, 0.3) is 0 Å². The van der Waals surface area contributed by atoms with Crippen LogP contribution in [0.1, 0.15) is 16.8 Å². The summed E-state index contributed by atoms with van der Waals surface area (Å²) in [5.41, 5.74) is 1.60. The van der Waals surface area contributed by atoms with E-state index in [9.17, 15) is 10.2 Å². The van der Waals surface area contributed by atoms with Crippen LogP contribution in [0.2, 0.25) is 0 Å². The van der Waals surface area contributed by atoms with Gasteiger partial charge < -0.3 is 10.2 Å². The Balaban J connectivity index is 2.37. The molecule has 0 aliphatic rings. The first-order chi connectivity index (χ1) is 7.72. The van der Waals surface area contributed by atoms with E-state index in [0.717, 1.165) is 0 Å². The van der Waals surface area contributed by atoms with E-state index in [2.05, 4.69) is 20.4 Å². The molecule has 84 valence electrons. The van der Waals surface area contributed by atoms with Crippen molar-refractivity contribution in [2.24, 2.45) is 0 Å². The molecule has 0 aliphatic carbocycles. The van der Waals surface area contributed by atoms with E-state index in [0.29, 0.717) is 23.4 Å². The molecule has 0 radical (unpaired) electrons. The fraction of sp³-hybridized carbons (Fsp3) is 0.333. The molecule has 7 nitrogen and oxygen atoms in total. The predicted octanol–water partition coefficient (Wildman–Crippen LogP) is -0.377. The number of aromatic nitrogens is 5. The summed E-state index contributed by atoms with van der Waals surface area (Å²) in [6.45, 7) is 1.74. The van der Waals surface area contributed by atoms with Crippen LogP contribution in [0.5, 0.6) is 5.75 Å².